The van der Waals surface area contributed by atoms with Gasteiger partial charge in [0.25, 0.3) is 0 Å². The standard InChI is InChI=1S/C14H17NO3/c1-9(2)3-6-13(16)15-11-4-5-12-10(7-11)8-18-14(12)17/h4-5,7,9H,3,6,8H2,1-2H3,(H,15,16). The van der Waals surface area contributed by atoms with E-state index >= 15 is 0 Å². The van der Waals surface area contributed by atoms with Crippen LogP contribution in [-0.4, -0.2) is 11.9 Å². The number of esters is 1. The van der Waals surface area contributed by atoms with Crippen LogP contribution in [0.5, 0.6) is 0 Å². The van der Waals surface area contributed by atoms with Gasteiger partial charge in [-0.2, -0.15) is 0 Å². The minimum Gasteiger partial charge on any atom is -0.457 e. The SMILES string of the molecule is CC(C)CCC(=O)Nc1ccc2c(c1)COC2=O. The molecule has 0 unspecified atom stereocenters. The van der Waals surface area contributed by atoms with E-state index in [2.05, 4.69) is 19.2 Å². The maximum atomic E-state index is 11.7. The fourth-order valence-electron chi connectivity index (χ4n) is 1.85. The van der Waals surface area contributed by atoms with Crippen LogP contribution in [0.15, 0.2) is 18.2 Å². The molecule has 0 aliphatic carbocycles. The van der Waals surface area contributed by atoms with Crippen molar-refractivity contribution in [3.05, 3.63) is 29.3 Å². The van der Waals surface area contributed by atoms with Crippen molar-refractivity contribution in [3.63, 3.8) is 0 Å². The van der Waals surface area contributed by atoms with Crippen molar-refractivity contribution in [2.45, 2.75) is 33.3 Å². The molecule has 1 aliphatic rings. The zero-order valence-electron chi connectivity index (χ0n) is 10.7. The van der Waals surface area contributed by atoms with Gasteiger partial charge in [-0.15, -0.1) is 0 Å². The number of hydrogen-bond acceptors (Lipinski definition) is 3. The highest BCUT2D eigenvalue weighted by atomic mass is 16.5. The predicted octanol–water partition coefficient (Wildman–Crippen LogP) is 2.73. The van der Waals surface area contributed by atoms with Crippen molar-refractivity contribution in [3.8, 4) is 0 Å². The van der Waals surface area contributed by atoms with Crippen molar-refractivity contribution in [1.29, 1.82) is 0 Å². The first-order chi connectivity index (χ1) is 8.56. The Kier molecular flexibility index (Phi) is 3.65. The summed E-state index contributed by atoms with van der Waals surface area (Å²) in [5, 5.41) is 2.84. The van der Waals surface area contributed by atoms with E-state index in [1.165, 1.54) is 0 Å². The van der Waals surface area contributed by atoms with Crippen LogP contribution in [0.4, 0.5) is 5.69 Å². The minimum absolute atomic E-state index is 0.00823. The monoisotopic (exact) mass is 247 g/mol. The second kappa shape index (κ2) is 5.21. The molecule has 1 aliphatic heterocycles. The van der Waals surface area contributed by atoms with Crippen molar-refractivity contribution < 1.29 is 14.3 Å². The molecule has 1 aromatic carbocycles. The highest BCUT2D eigenvalue weighted by Gasteiger charge is 2.21. The number of cyclic esters (lactones) is 1. The first-order valence-electron chi connectivity index (χ1n) is 6.16. The molecule has 0 spiro atoms. The lowest BCUT2D eigenvalue weighted by Gasteiger charge is -2.07. The number of carbonyl (C=O) groups is 2. The van der Waals surface area contributed by atoms with Crippen LogP contribution in [0.1, 0.15) is 42.6 Å². The Hall–Kier alpha value is -1.84. The second-order valence-electron chi connectivity index (χ2n) is 4.93. The van der Waals surface area contributed by atoms with Crippen LogP contribution >= 0.6 is 0 Å². The van der Waals surface area contributed by atoms with Gasteiger partial charge in [-0.3, -0.25) is 4.79 Å². The smallest absolute Gasteiger partial charge is 0.338 e. The number of rotatable bonds is 4. The van der Waals surface area contributed by atoms with E-state index in [9.17, 15) is 9.59 Å². The summed E-state index contributed by atoms with van der Waals surface area (Å²) in [4.78, 5) is 22.9. The summed E-state index contributed by atoms with van der Waals surface area (Å²) >= 11 is 0. The lowest BCUT2D eigenvalue weighted by molar-refractivity contribution is -0.116. The van der Waals surface area contributed by atoms with Gasteiger partial charge >= 0.3 is 5.97 Å². The van der Waals surface area contributed by atoms with Crippen LogP contribution < -0.4 is 5.32 Å². The first kappa shape index (κ1) is 12.6. The Labute approximate surface area is 106 Å². The molecular weight excluding hydrogens is 230 g/mol. The molecule has 0 saturated carbocycles. The third-order valence-corrected chi connectivity index (χ3v) is 2.92. The van der Waals surface area contributed by atoms with Gasteiger partial charge in [-0.25, -0.2) is 4.79 Å². The van der Waals surface area contributed by atoms with Gasteiger partial charge < -0.3 is 10.1 Å². The molecule has 2 rings (SSSR count). The van der Waals surface area contributed by atoms with Crippen LogP contribution in [0.25, 0.3) is 0 Å². The molecule has 0 bridgehead atoms. The molecule has 0 saturated heterocycles. The van der Waals surface area contributed by atoms with Gasteiger partial charge in [0.2, 0.25) is 5.91 Å². The van der Waals surface area contributed by atoms with Crippen LogP contribution in [0.3, 0.4) is 0 Å². The molecule has 96 valence electrons. The molecule has 4 nitrogen and oxygen atoms in total. The fourth-order valence-corrected chi connectivity index (χ4v) is 1.85. The number of nitrogens with one attached hydrogen (secondary N) is 1. The van der Waals surface area contributed by atoms with E-state index in [0.29, 0.717) is 24.5 Å². The number of ether oxygens (including phenoxy) is 1. The molecule has 1 amide bonds. The van der Waals surface area contributed by atoms with E-state index < -0.39 is 0 Å². The third kappa shape index (κ3) is 2.88. The van der Waals surface area contributed by atoms with Crippen molar-refractivity contribution in [2.24, 2.45) is 5.92 Å². The number of fused-ring (bicyclic) bond motifs is 1. The highest BCUT2D eigenvalue weighted by molar-refractivity contribution is 5.95. The molecule has 18 heavy (non-hydrogen) atoms. The molecule has 0 fully saturated rings. The summed E-state index contributed by atoms with van der Waals surface area (Å²) < 4.78 is 4.91. The molecule has 1 heterocycles. The van der Waals surface area contributed by atoms with Crippen LogP contribution in [0.2, 0.25) is 0 Å². The molecule has 1 N–H and O–H groups in total. The van der Waals surface area contributed by atoms with Crippen LogP contribution in [0, 0.1) is 5.92 Å². The number of amides is 1. The second-order valence-corrected chi connectivity index (χ2v) is 4.93. The third-order valence-electron chi connectivity index (χ3n) is 2.92. The molecule has 0 radical (unpaired) electrons. The Morgan fingerprint density at radius 2 is 2.22 bits per heavy atom. The molecule has 0 atom stereocenters. The quantitative estimate of drug-likeness (QED) is 0.832. The number of carbonyl (C=O) groups excluding carboxylic acids is 2. The minimum atomic E-state index is -0.289. The average molecular weight is 247 g/mol. The molecule has 0 aromatic heterocycles. The first-order valence-corrected chi connectivity index (χ1v) is 6.16. The summed E-state index contributed by atoms with van der Waals surface area (Å²) in [5.41, 5.74) is 2.15. The van der Waals surface area contributed by atoms with Crippen molar-refractivity contribution >= 4 is 17.6 Å². The lowest BCUT2D eigenvalue weighted by atomic mass is 10.1. The molecule has 1 aromatic rings. The van der Waals surface area contributed by atoms with E-state index in [1.54, 1.807) is 18.2 Å². The Morgan fingerprint density at radius 1 is 1.44 bits per heavy atom. The predicted molar refractivity (Wildman–Crippen MR) is 68.3 cm³/mol. The van der Waals surface area contributed by atoms with Gasteiger partial charge in [0, 0.05) is 17.7 Å². The Balaban J connectivity index is 1.98. The molecular formula is C14H17NO3. The topological polar surface area (TPSA) is 55.4 Å². The zero-order chi connectivity index (χ0) is 13.1. The Bertz CT molecular complexity index is 480. The van der Waals surface area contributed by atoms with E-state index in [1.807, 2.05) is 0 Å². The van der Waals surface area contributed by atoms with E-state index in [4.69, 9.17) is 4.74 Å². The fraction of sp³-hybridized carbons (Fsp3) is 0.429. The maximum absolute atomic E-state index is 11.7. The van der Waals surface area contributed by atoms with Gasteiger partial charge in [0.15, 0.2) is 0 Å². The van der Waals surface area contributed by atoms with E-state index in [0.717, 1.165) is 17.7 Å². The highest BCUT2D eigenvalue weighted by Crippen LogP contribution is 2.23. The summed E-state index contributed by atoms with van der Waals surface area (Å²) in [6.07, 6.45) is 1.39. The summed E-state index contributed by atoms with van der Waals surface area (Å²) in [7, 11) is 0. The lowest BCUT2D eigenvalue weighted by Crippen LogP contribution is -2.12. The molecule has 4 heteroatoms. The van der Waals surface area contributed by atoms with Crippen LogP contribution in [-0.2, 0) is 16.1 Å². The summed E-state index contributed by atoms with van der Waals surface area (Å²) in [5.74, 6) is 0.235. The maximum Gasteiger partial charge on any atom is 0.338 e. The van der Waals surface area contributed by atoms with Gasteiger partial charge in [0.1, 0.15) is 6.61 Å². The number of hydrogen-bond donors (Lipinski definition) is 1. The van der Waals surface area contributed by atoms with E-state index in [-0.39, 0.29) is 11.9 Å². The summed E-state index contributed by atoms with van der Waals surface area (Å²) in [6, 6.07) is 5.23. The van der Waals surface area contributed by atoms with Gasteiger partial charge in [0.05, 0.1) is 5.56 Å². The summed E-state index contributed by atoms with van der Waals surface area (Å²) in [6.45, 7) is 4.47. The normalized spacial score (nSPS) is 13.4. The number of anilines is 1. The van der Waals surface area contributed by atoms with Gasteiger partial charge in [-0.05, 0) is 30.5 Å². The largest absolute Gasteiger partial charge is 0.457 e. The average Bonchev–Trinajstić information content (AvgIpc) is 2.68. The zero-order valence-corrected chi connectivity index (χ0v) is 10.7. The van der Waals surface area contributed by atoms with Crippen molar-refractivity contribution in [2.75, 3.05) is 5.32 Å². The van der Waals surface area contributed by atoms with Gasteiger partial charge in [-0.1, -0.05) is 13.8 Å². The van der Waals surface area contributed by atoms with Crippen molar-refractivity contribution in [1.82, 2.24) is 0 Å². The Morgan fingerprint density at radius 3 is 2.94 bits per heavy atom. The number of benzene rings is 1.